The molecule has 0 saturated heterocycles. The first-order valence-electron chi connectivity index (χ1n) is 3.26. The summed E-state index contributed by atoms with van der Waals surface area (Å²) in [4.78, 5) is 11.3. The van der Waals surface area contributed by atoms with Gasteiger partial charge in [0.05, 0.1) is 17.8 Å². The van der Waals surface area contributed by atoms with Crippen LogP contribution in [0, 0.1) is 0 Å². The average molecular weight is 239 g/mol. The number of rotatable bonds is 2. The number of halogens is 3. The summed E-state index contributed by atoms with van der Waals surface area (Å²) in [5.74, 6) is 0. The van der Waals surface area contributed by atoms with E-state index in [1.807, 2.05) is 0 Å². The van der Waals surface area contributed by atoms with E-state index in [0.717, 1.165) is 4.68 Å². The first kappa shape index (κ1) is 10.6. The summed E-state index contributed by atoms with van der Waals surface area (Å²) in [6, 6.07) is 0. The van der Waals surface area contributed by atoms with Crippen LogP contribution in [0.5, 0.6) is 0 Å². The third-order valence-electron chi connectivity index (χ3n) is 1.26. The highest BCUT2D eigenvalue weighted by atomic mass is 35.5. The van der Waals surface area contributed by atoms with Crippen LogP contribution in [-0.2, 0) is 6.54 Å². The first-order valence-corrected chi connectivity index (χ1v) is 4.40. The number of hydrogen-bond acceptors (Lipinski definition) is 2. The van der Waals surface area contributed by atoms with Gasteiger partial charge in [-0.3, -0.25) is 4.79 Å². The molecule has 0 saturated carbocycles. The minimum absolute atomic E-state index is 0.0606. The highest BCUT2D eigenvalue weighted by Gasteiger charge is 2.06. The van der Waals surface area contributed by atoms with Crippen LogP contribution in [0.3, 0.4) is 0 Å². The van der Waals surface area contributed by atoms with Gasteiger partial charge in [-0.15, -0.1) is 0 Å². The van der Waals surface area contributed by atoms with Gasteiger partial charge < -0.3 is 0 Å². The van der Waals surface area contributed by atoms with Crippen LogP contribution in [0.2, 0.25) is 10.0 Å². The molecule has 0 aromatic carbocycles. The molecule has 1 heterocycles. The van der Waals surface area contributed by atoms with E-state index < -0.39 is 5.56 Å². The van der Waals surface area contributed by atoms with Crippen molar-refractivity contribution in [1.82, 2.24) is 9.78 Å². The fraction of sp³-hybridized carbons (Fsp3) is 0.143. The lowest BCUT2D eigenvalue weighted by molar-refractivity contribution is 0.646. The van der Waals surface area contributed by atoms with E-state index in [9.17, 15) is 4.79 Å². The molecule has 0 fully saturated rings. The minimum Gasteiger partial charge on any atom is -0.266 e. The predicted molar refractivity (Wildman–Crippen MR) is 53.5 cm³/mol. The molecule has 0 aliphatic heterocycles. The van der Waals surface area contributed by atoms with Crippen molar-refractivity contribution in [2.24, 2.45) is 0 Å². The molecule has 1 aromatic heterocycles. The van der Waals surface area contributed by atoms with Gasteiger partial charge >= 0.3 is 0 Å². The standard InChI is InChI=1S/C7H5Cl3N2O/c1-4(8)3-12-7(13)6(10)5(9)2-11-12/h2H,1,3H2. The Morgan fingerprint density at radius 2 is 2.23 bits per heavy atom. The van der Waals surface area contributed by atoms with Crippen molar-refractivity contribution < 1.29 is 0 Å². The Balaban J connectivity index is 3.19. The predicted octanol–water partition coefficient (Wildman–Crippen LogP) is 2.30. The number of allylic oxidation sites excluding steroid dienone is 1. The average Bonchev–Trinajstić information content (AvgIpc) is 2.06. The van der Waals surface area contributed by atoms with Crippen molar-refractivity contribution in [3.8, 4) is 0 Å². The quantitative estimate of drug-likeness (QED) is 0.794. The summed E-state index contributed by atoms with van der Waals surface area (Å²) in [5, 5.41) is 4.09. The third kappa shape index (κ3) is 2.46. The molecule has 0 amide bonds. The molecule has 0 N–H and O–H groups in total. The minimum atomic E-state index is -0.476. The second-order valence-electron chi connectivity index (χ2n) is 2.29. The normalized spacial score (nSPS) is 10.1. The Morgan fingerprint density at radius 3 is 2.77 bits per heavy atom. The monoisotopic (exact) mass is 238 g/mol. The molecule has 1 aromatic rings. The van der Waals surface area contributed by atoms with Crippen molar-refractivity contribution in [3.05, 3.63) is 38.2 Å². The van der Waals surface area contributed by atoms with Gasteiger partial charge in [0.25, 0.3) is 5.56 Å². The first-order chi connectivity index (χ1) is 6.02. The highest BCUT2D eigenvalue weighted by molar-refractivity contribution is 6.41. The fourth-order valence-electron chi connectivity index (χ4n) is 0.720. The second-order valence-corrected chi connectivity index (χ2v) is 3.61. The van der Waals surface area contributed by atoms with Crippen molar-refractivity contribution >= 4 is 34.8 Å². The molecule has 70 valence electrons. The Hall–Kier alpha value is -0.510. The van der Waals surface area contributed by atoms with E-state index >= 15 is 0 Å². The van der Waals surface area contributed by atoms with Crippen LogP contribution in [0.25, 0.3) is 0 Å². The Labute approximate surface area is 89.5 Å². The molecule has 13 heavy (non-hydrogen) atoms. The van der Waals surface area contributed by atoms with Crippen molar-refractivity contribution in [3.63, 3.8) is 0 Å². The SMILES string of the molecule is C=C(Cl)Cn1ncc(Cl)c(Cl)c1=O. The zero-order chi connectivity index (χ0) is 10.0. The molecule has 1 rings (SSSR count). The molecule has 0 unspecified atom stereocenters. The lowest BCUT2D eigenvalue weighted by atomic mass is 10.5. The van der Waals surface area contributed by atoms with E-state index in [-0.39, 0.29) is 16.6 Å². The van der Waals surface area contributed by atoms with Crippen LogP contribution < -0.4 is 5.56 Å². The number of nitrogens with zero attached hydrogens (tertiary/aromatic N) is 2. The van der Waals surface area contributed by atoms with E-state index in [1.165, 1.54) is 6.20 Å². The van der Waals surface area contributed by atoms with Gasteiger partial charge in [0, 0.05) is 5.03 Å². The van der Waals surface area contributed by atoms with E-state index in [0.29, 0.717) is 5.03 Å². The Morgan fingerprint density at radius 1 is 1.62 bits per heavy atom. The molecular formula is C7H5Cl3N2O. The number of hydrogen-bond donors (Lipinski definition) is 0. The van der Waals surface area contributed by atoms with Gasteiger partial charge in [-0.2, -0.15) is 5.10 Å². The van der Waals surface area contributed by atoms with Crippen LogP contribution in [0.4, 0.5) is 0 Å². The van der Waals surface area contributed by atoms with Gasteiger partial charge in [-0.05, 0) is 0 Å². The van der Waals surface area contributed by atoms with E-state index in [2.05, 4.69) is 11.7 Å². The third-order valence-corrected chi connectivity index (χ3v) is 2.13. The van der Waals surface area contributed by atoms with Crippen LogP contribution in [0.15, 0.2) is 22.6 Å². The summed E-state index contributed by atoms with van der Waals surface area (Å²) in [7, 11) is 0. The highest BCUT2D eigenvalue weighted by Crippen LogP contribution is 2.14. The Kier molecular flexibility index (Phi) is 3.36. The smallest absolute Gasteiger partial charge is 0.266 e. The van der Waals surface area contributed by atoms with Crippen LogP contribution in [0.1, 0.15) is 0 Å². The fourth-order valence-corrected chi connectivity index (χ4v) is 1.10. The van der Waals surface area contributed by atoms with Crippen molar-refractivity contribution in [2.75, 3.05) is 0 Å². The van der Waals surface area contributed by atoms with Gasteiger partial charge in [0.2, 0.25) is 0 Å². The summed E-state index contributed by atoms with van der Waals surface area (Å²) < 4.78 is 1.09. The molecular weight excluding hydrogens is 234 g/mol. The maximum atomic E-state index is 11.3. The van der Waals surface area contributed by atoms with Gasteiger partial charge in [-0.1, -0.05) is 41.4 Å². The zero-order valence-corrected chi connectivity index (χ0v) is 8.70. The summed E-state index contributed by atoms with van der Waals surface area (Å²) in [6.45, 7) is 3.56. The largest absolute Gasteiger partial charge is 0.287 e. The zero-order valence-electron chi connectivity index (χ0n) is 6.43. The molecule has 3 nitrogen and oxygen atoms in total. The van der Waals surface area contributed by atoms with Crippen LogP contribution in [-0.4, -0.2) is 9.78 Å². The molecule has 0 atom stereocenters. The van der Waals surface area contributed by atoms with E-state index in [4.69, 9.17) is 34.8 Å². The second kappa shape index (κ2) is 4.13. The van der Waals surface area contributed by atoms with Crippen molar-refractivity contribution in [2.45, 2.75) is 6.54 Å². The van der Waals surface area contributed by atoms with Gasteiger partial charge in [0.1, 0.15) is 5.02 Å². The maximum Gasteiger partial charge on any atom is 0.287 e. The van der Waals surface area contributed by atoms with Gasteiger partial charge in [-0.25, -0.2) is 4.68 Å². The summed E-state index contributed by atoms with van der Waals surface area (Å²) in [5.41, 5.74) is -0.476. The lowest BCUT2D eigenvalue weighted by Crippen LogP contribution is -2.23. The van der Waals surface area contributed by atoms with Crippen LogP contribution >= 0.6 is 34.8 Å². The lowest BCUT2D eigenvalue weighted by Gasteiger charge is -2.02. The topological polar surface area (TPSA) is 34.9 Å². The molecule has 0 bridgehead atoms. The van der Waals surface area contributed by atoms with Gasteiger partial charge in [0.15, 0.2) is 0 Å². The molecule has 0 aliphatic rings. The number of aromatic nitrogens is 2. The van der Waals surface area contributed by atoms with E-state index in [1.54, 1.807) is 0 Å². The Bertz CT molecular complexity index is 399. The summed E-state index contributed by atoms with van der Waals surface area (Å²) >= 11 is 16.7. The molecule has 0 radical (unpaired) electrons. The molecule has 0 spiro atoms. The van der Waals surface area contributed by atoms with Crippen molar-refractivity contribution in [1.29, 1.82) is 0 Å². The molecule has 6 heteroatoms. The maximum absolute atomic E-state index is 11.3. The summed E-state index contributed by atoms with van der Waals surface area (Å²) in [6.07, 6.45) is 1.28. The molecule has 0 aliphatic carbocycles.